The van der Waals surface area contributed by atoms with Crippen molar-refractivity contribution in [3.05, 3.63) is 41.0 Å². The van der Waals surface area contributed by atoms with E-state index in [1.807, 2.05) is 11.0 Å². The van der Waals surface area contributed by atoms with Gasteiger partial charge < -0.3 is 14.7 Å². The molecule has 0 aromatic heterocycles. The van der Waals surface area contributed by atoms with Crippen LogP contribution in [0.1, 0.15) is 68.9 Å². The zero-order valence-corrected chi connectivity index (χ0v) is 19.5. The number of rotatable bonds is 4. The van der Waals surface area contributed by atoms with Gasteiger partial charge in [0.15, 0.2) is 0 Å². The van der Waals surface area contributed by atoms with Crippen molar-refractivity contribution >= 4 is 5.91 Å². The van der Waals surface area contributed by atoms with Gasteiger partial charge >= 0.3 is 0 Å². The van der Waals surface area contributed by atoms with Gasteiger partial charge in [0.1, 0.15) is 5.75 Å². The SMILES string of the molecule is C[C@]12CC[C@@H]3c4ccc(O)cc4CC[C@H]3[C@@H]1[C@H](CCCC(=O)N1CCOCC1)CC2=C(F)F. The summed E-state index contributed by atoms with van der Waals surface area (Å²) in [7, 11) is 0. The van der Waals surface area contributed by atoms with Crippen molar-refractivity contribution in [2.24, 2.45) is 23.2 Å². The Morgan fingerprint density at radius 2 is 2.03 bits per heavy atom. The van der Waals surface area contributed by atoms with Crippen molar-refractivity contribution in [1.82, 2.24) is 4.90 Å². The van der Waals surface area contributed by atoms with Gasteiger partial charge in [0, 0.05) is 25.1 Å². The number of phenols is 1. The molecule has 5 atom stereocenters. The minimum absolute atomic E-state index is 0.166. The summed E-state index contributed by atoms with van der Waals surface area (Å²) in [6.45, 7) is 4.58. The number of halogens is 2. The number of carbonyl (C=O) groups excluding carboxylic acids is 1. The predicted molar refractivity (Wildman–Crippen MR) is 122 cm³/mol. The van der Waals surface area contributed by atoms with Crippen LogP contribution in [0.4, 0.5) is 8.78 Å². The van der Waals surface area contributed by atoms with Crippen LogP contribution in [-0.2, 0) is 16.0 Å². The smallest absolute Gasteiger partial charge is 0.270 e. The van der Waals surface area contributed by atoms with Crippen LogP contribution in [0.5, 0.6) is 5.75 Å². The number of allylic oxidation sites excluding steroid dienone is 1. The van der Waals surface area contributed by atoms with Gasteiger partial charge in [0.25, 0.3) is 6.08 Å². The van der Waals surface area contributed by atoms with E-state index in [9.17, 15) is 18.7 Å². The monoisotopic (exact) mass is 459 g/mol. The lowest BCUT2D eigenvalue weighted by Gasteiger charge is -2.51. The number of amides is 1. The zero-order valence-electron chi connectivity index (χ0n) is 19.5. The number of aryl methyl sites for hydroxylation is 1. The zero-order chi connectivity index (χ0) is 23.2. The van der Waals surface area contributed by atoms with Gasteiger partial charge in [0.05, 0.1) is 13.2 Å². The highest BCUT2D eigenvalue weighted by Crippen LogP contribution is 2.66. The van der Waals surface area contributed by atoms with E-state index in [4.69, 9.17) is 4.74 Å². The van der Waals surface area contributed by atoms with E-state index in [-0.39, 0.29) is 17.7 Å². The second-order valence-corrected chi connectivity index (χ2v) is 10.8. The van der Waals surface area contributed by atoms with E-state index in [0.717, 1.165) is 38.5 Å². The van der Waals surface area contributed by atoms with E-state index in [2.05, 4.69) is 13.0 Å². The lowest BCUT2D eigenvalue weighted by atomic mass is 9.53. The molecular formula is C27H35F2NO3. The molecule has 6 heteroatoms. The number of hydrogen-bond acceptors (Lipinski definition) is 3. The molecule has 0 unspecified atom stereocenters. The fraction of sp³-hybridized carbons (Fsp3) is 0.667. The van der Waals surface area contributed by atoms with Gasteiger partial charge in [-0.2, -0.15) is 8.78 Å². The van der Waals surface area contributed by atoms with Crippen LogP contribution in [-0.4, -0.2) is 42.2 Å². The molecule has 3 fully saturated rings. The average Bonchev–Trinajstić information content (AvgIpc) is 3.12. The Bertz CT molecular complexity index is 937. The van der Waals surface area contributed by atoms with Crippen LogP contribution in [0.15, 0.2) is 29.9 Å². The molecular weight excluding hydrogens is 424 g/mol. The molecule has 1 N–H and O–H groups in total. The van der Waals surface area contributed by atoms with Gasteiger partial charge in [-0.05, 0) is 97.3 Å². The summed E-state index contributed by atoms with van der Waals surface area (Å²) in [5.41, 5.74) is 2.48. The Kier molecular flexibility index (Phi) is 6.23. The lowest BCUT2D eigenvalue weighted by molar-refractivity contribution is -0.135. The summed E-state index contributed by atoms with van der Waals surface area (Å²) in [6, 6.07) is 5.71. The Balaban J connectivity index is 1.34. The molecule has 0 radical (unpaired) electrons. The van der Waals surface area contributed by atoms with Gasteiger partial charge in [0.2, 0.25) is 5.91 Å². The van der Waals surface area contributed by atoms with E-state index in [1.54, 1.807) is 6.07 Å². The Morgan fingerprint density at radius 3 is 2.79 bits per heavy atom. The van der Waals surface area contributed by atoms with Crippen molar-refractivity contribution in [3.8, 4) is 5.75 Å². The molecule has 5 rings (SSSR count). The molecule has 1 amide bonds. The highest BCUT2D eigenvalue weighted by atomic mass is 19.3. The van der Waals surface area contributed by atoms with E-state index < -0.39 is 11.5 Å². The first kappa shape index (κ1) is 22.8. The maximum absolute atomic E-state index is 14.1. The summed E-state index contributed by atoms with van der Waals surface area (Å²) < 4.78 is 33.6. The summed E-state index contributed by atoms with van der Waals surface area (Å²) >= 11 is 0. The minimum Gasteiger partial charge on any atom is -0.508 e. The number of benzene rings is 1. The van der Waals surface area contributed by atoms with Crippen LogP contribution < -0.4 is 0 Å². The van der Waals surface area contributed by atoms with Crippen molar-refractivity contribution in [2.75, 3.05) is 26.3 Å². The topological polar surface area (TPSA) is 49.8 Å². The standard InChI is InChI=1S/C27H35F2NO3/c1-27-10-9-21-20-8-6-19(31)15-17(20)5-7-22(21)25(27)18(16-23(27)26(28)29)3-2-4-24(32)30-11-13-33-14-12-30/h6,8,15,18,21-22,25,31H,2-5,7,9-14,16H2,1H3/t18-,21-,22-,25+,27-/m1/s1. The first-order chi connectivity index (χ1) is 15.9. The molecule has 180 valence electrons. The Morgan fingerprint density at radius 1 is 1.24 bits per heavy atom. The highest BCUT2D eigenvalue weighted by molar-refractivity contribution is 5.76. The largest absolute Gasteiger partial charge is 0.508 e. The van der Waals surface area contributed by atoms with E-state index in [0.29, 0.717) is 62.3 Å². The van der Waals surface area contributed by atoms with Crippen LogP contribution in [0, 0.1) is 23.2 Å². The number of ether oxygens (including phenoxy) is 1. The molecule has 4 nitrogen and oxygen atoms in total. The van der Waals surface area contributed by atoms with Crippen LogP contribution >= 0.6 is 0 Å². The highest BCUT2D eigenvalue weighted by Gasteiger charge is 2.57. The number of morpholine rings is 1. The molecule has 1 heterocycles. The molecule has 1 aromatic carbocycles. The third-order valence-corrected chi connectivity index (χ3v) is 9.18. The summed E-state index contributed by atoms with van der Waals surface area (Å²) in [4.78, 5) is 14.5. The number of fused-ring (bicyclic) bond motifs is 5. The summed E-state index contributed by atoms with van der Waals surface area (Å²) in [5, 5.41) is 9.92. The van der Waals surface area contributed by atoms with Crippen molar-refractivity contribution in [2.45, 2.75) is 64.2 Å². The molecule has 0 bridgehead atoms. The average molecular weight is 460 g/mol. The molecule has 2 saturated carbocycles. The van der Waals surface area contributed by atoms with Gasteiger partial charge in [-0.25, -0.2) is 0 Å². The first-order valence-corrected chi connectivity index (χ1v) is 12.6. The fourth-order valence-corrected chi connectivity index (χ4v) is 7.72. The Hall–Kier alpha value is -1.95. The van der Waals surface area contributed by atoms with Crippen LogP contribution in [0.25, 0.3) is 0 Å². The van der Waals surface area contributed by atoms with E-state index in [1.165, 1.54) is 11.1 Å². The molecule has 4 aliphatic rings. The Labute approximate surface area is 195 Å². The number of nitrogens with zero attached hydrogens (tertiary/aromatic N) is 1. The van der Waals surface area contributed by atoms with Gasteiger partial charge in [-0.1, -0.05) is 13.0 Å². The van der Waals surface area contributed by atoms with Gasteiger partial charge in [-0.3, -0.25) is 4.79 Å². The number of phenolic OH excluding ortho intramolecular Hbond substituents is 1. The summed E-state index contributed by atoms with van der Waals surface area (Å²) in [5.74, 6) is 1.67. The lowest BCUT2D eigenvalue weighted by Crippen LogP contribution is -2.42. The third-order valence-electron chi connectivity index (χ3n) is 9.18. The minimum atomic E-state index is -1.48. The predicted octanol–water partition coefficient (Wildman–Crippen LogP) is 5.65. The van der Waals surface area contributed by atoms with Crippen LogP contribution in [0.2, 0.25) is 0 Å². The van der Waals surface area contributed by atoms with Crippen LogP contribution in [0.3, 0.4) is 0 Å². The molecule has 1 aliphatic heterocycles. The molecule has 33 heavy (non-hydrogen) atoms. The normalized spacial score (nSPS) is 33.3. The number of carbonyl (C=O) groups is 1. The van der Waals surface area contributed by atoms with Crippen molar-refractivity contribution in [1.29, 1.82) is 0 Å². The fourth-order valence-electron chi connectivity index (χ4n) is 7.72. The molecule has 0 spiro atoms. The second-order valence-electron chi connectivity index (χ2n) is 10.8. The van der Waals surface area contributed by atoms with Crippen molar-refractivity contribution < 1.29 is 23.4 Å². The number of hydrogen-bond donors (Lipinski definition) is 1. The number of aromatic hydroxyl groups is 1. The maximum Gasteiger partial charge on any atom is 0.270 e. The quantitative estimate of drug-likeness (QED) is 0.633. The molecule has 3 aliphatic carbocycles. The van der Waals surface area contributed by atoms with E-state index >= 15 is 0 Å². The molecule has 1 saturated heterocycles. The first-order valence-electron chi connectivity index (χ1n) is 12.6. The maximum atomic E-state index is 14.1. The molecule has 1 aromatic rings. The van der Waals surface area contributed by atoms with Gasteiger partial charge in [-0.15, -0.1) is 0 Å². The summed E-state index contributed by atoms with van der Waals surface area (Å²) in [6.07, 6.45) is 4.68. The third kappa shape index (κ3) is 4.09. The second kappa shape index (κ2) is 9.01. The van der Waals surface area contributed by atoms with Crippen molar-refractivity contribution in [3.63, 3.8) is 0 Å².